The third kappa shape index (κ3) is 3.45. The van der Waals surface area contributed by atoms with Gasteiger partial charge in [-0.3, -0.25) is 0 Å². The molecule has 1 aromatic heterocycles. The van der Waals surface area contributed by atoms with Crippen LogP contribution in [0.1, 0.15) is 27.7 Å². The van der Waals surface area contributed by atoms with E-state index in [2.05, 4.69) is 10.3 Å². The van der Waals surface area contributed by atoms with Gasteiger partial charge in [0.2, 0.25) is 10.0 Å². The van der Waals surface area contributed by atoms with Crippen LogP contribution in [0.3, 0.4) is 0 Å². The highest BCUT2D eigenvalue weighted by atomic mass is 32.2. The zero-order valence-electron chi connectivity index (χ0n) is 12.4. The highest BCUT2D eigenvalue weighted by Gasteiger charge is 2.32. The first kappa shape index (κ1) is 15.9. The molecule has 1 rings (SSSR count). The minimum absolute atomic E-state index is 0.110. The number of sulfonamides is 1. The number of pyridine rings is 1. The Bertz CT molecular complexity index is 518. The molecule has 0 aliphatic carbocycles. The van der Waals surface area contributed by atoms with Gasteiger partial charge in [0.1, 0.15) is 10.7 Å². The maximum Gasteiger partial charge on any atom is 0.244 e. The molecule has 1 unspecified atom stereocenters. The normalized spacial score (nSPS) is 14.5. The summed E-state index contributed by atoms with van der Waals surface area (Å²) in [5.41, 5.74) is -0.125. The van der Waals surface area contributed by atoms with E-state index < -0.39 is 10.0 Å². The Labute approximate surface area is 116 Å². The predicted octanol–water partition coefficient (Wildman–Crippen LogP) is 2.18. The molecule has 0 amide bonds. The number of hydrogen-bond donors (Lipinski definition) is 1. The van der Waals surface area contributed by atoms with Crippen LogP contribution in [0.2, 0.25) is 0 Å². The highest BCUT2D eigenvalue weighted by molar-refractivity contribution is 7.89. The lowest BCUT2D eigenvalue weighted by atomic mass is 9.88. The molecule has 0 aliphatic rings. The molecule has 1 N–H and O–H groups in total. The SMILES string of the molecule is CNc1ccc(S(=O)(=O)N(C)C(C)C(C)(C)C)cn1. The van der Waals surface area contributed by atoms with E-state index in [-0.39, 0.29) is 16.4 Å². The number of nitrogens with one attached hydrogen (secondary N) is 1. The zero-order chi connectivity index (χ0) is 14.8. The van der Waals surface area contributed by atoms with Crippen molar-refractivity contribution < 1.29 is 8.42 Å². The predicted molar refractivity (Wildman–Crippen MR) is 77.6 cm³/mol. The Morgan fingerprint density at radius 2 is 1.89 bits per heavy atom. The van der Waals surface area contributed by atoms with Gasteiger partial charge in [-0.1, -0.05) is 20.8 Å². The van der Waals surface area contributed by atoms with Crippen molar-refractivity contribution in [2.75, 3.05) is 19.4 Å². The monoisotopic (exact) mass is 285 g/mol. The molecular weight excluding hydrogens is 262 g/mol. The summed E-state index contributed by atoms with van der Waals surface area (Å²) in [7, 11) is -0.155. The molecule has 0 bridgehead atoms. The minimum Gasteiger partial charge on any atom is -0.373 e. The van der Waals surface area contributed by atoms with Gasteiger partial charge in [-0.2, -0.15) is 4.31 Å². The fourth-order valence-electron chi connectivity index (χ4n) is 1.60. The van der Waals surface area contributed by atoms with Crippen LogP contribution in [0.5, 0.6) is 0 Å². The van der Waals surface area contributed by atoms with E-state index in [0.717, 1.165) is 0 Å². The Kier molecular flexibility index (Phi) is 4.58. The van der Waals surface area contributed by atoms with Crippen LogP contribution in [0, 0.1) is 5.41 Å². The second-order valence-electron chi connectivity index (χ2n) is 5.69. The van der Waals surface area contributed by atoms with Crippen molar-refractivity contribution in [3.05, 3.63) is 18.3 Å². The summed E-state index contributed by atoms with van der Waals surface area (Å²) in [6.07, 6.45) is 1.38. The minimum atomic E-state index is -3.50. The summed E-state index contributed by atoms with van der Waals surface area (Å²) in [6.45, 7) is 7.97. The molecule has 0 fully saturated rings. The van der Waals surface area contributed by atoms with Crippen LogP contribution in [-0.2, 0) is 10.0 Å². The molecule has 5 nitrogen and oxygen atoms in total. The largest absolute Gasteiger partial charge is 0.373 e. The van der Waals surface area contributed by atoms with Crippen molar-refractivity contribution in [2.24, 2.45) is 5.41 Å². The van der Waals surface area contributed by atoms with Gasteiger partial charge >= 0.3 is 0 Å². The summed E-state index contributed by atoms with van der Waals surface area (Å²) < 4.78 is 26.4. The van der Waals surface area contributed by atoms with Gasteiger partial charge < -0.3 is 5.32 Å². The summed E-state index contributed by atoms with van der Waals surface area (Å²) in [5.74, 6) is 0.644. The summed E-state index contributed by atoms with van der Waals surface area (Å²) >= 11 is 0. The zero-order valence-corrected chi connectivity index (χ0v) is 13.2. The fourth-order valence-corrected chi connectivity index (χ4v) is 3.09. The fraction of sp³-hybridized carbons (Fsp3) is 0.615. The maximum absolute atomic E-state index is 12.5. The number of rotatable bonds is 4. The first-order chi connectivity index (χ1) is 8.60. The van der Waals surface area contributed by atoms with Crippen molar-refractivity contribution in [3.63, 3.8) is 0 Å². The smallest absolute Gasteiger partial charge is 0.244 e. The van der Waals surface area contributed by atoms with Crippen LogP contribution in [-0.4, -0.2) is 37.8 Å². The molecule has 0 spiro atoms. The Morgan fingerprint density at radius 1 is 1.32 bits per heavy atom. The molecule has 6 heteroatoms. The van der Waals surface area contributed by atoms with E-state index in [4.69, 9.17) is 0 Å². The lowest BCUT2D eigenvalue weighted by molar-refractivity contribution is 0.216. The van der Waals surface area contributed by atoms with Crippen LogP contribution in [0.25, 0.3) is 0 Å². The summed E-state index contributed by atoms with van der Waals surface area (Å²) in [6, 6.07) is 3.11. The standard InChI is InChI=1S/C13H23N3O2S/c1-10(13(2,3)4)16(6)19(17,18)11-7-8-12(14-5)15-9-11/h7-10H,1-6H3,(H,14,15). The first-order valence-electron chi connectivity index (χ1n) is 6.22. The molecule has 19 heavy (non-hydrogen) atoms. The molecule has 108 valence electrons. The molecule has 1 atom stereocenters. The van der Waals surface area contributed by atoms with Crippen LogP contribution < -0.4 is 5.32 Å². The molecule has 0 aromatic carbocycles. The van der Waals surface area contributed by atoms with Gasteiger partial charge in [0.05, 0.1) is 0 Å². The van der Waals surface area contributed by atoms with Crippen LogP contribution in [0.15, 0.2) is 23.2 Å². The number of hydrogen-bond acceptors (Lipinski definition) is 4. The number of aromatic nitrogens is 1. The van der Waals surface area contributed by atoms with Crippen molar-refractivity contribution in [2.45, 2.75) is 38.6 Å². The Morgan fingerprint density at radius 3 is 2.26 bits per heavy atom. The van der Waals surface area contributed by atoms with Crippen LogP contribution in [0.4, 0.5) is 5.82 Å². The Balaban J connectivity index is 3.09. The maximum atomic E-state index is 12.5. The van der Waals surface area contributed by atoms with E-state index in [1.165, 1.54) is 10.5 Å². The van der Waals surface area contributed by atoms with E-state index >= 15 is 0 Å². The van der Waals surface area contributed by atoms with E-state index in [0.29, 0.717) is 5.82 Å². The average Bonchev–Trinajstić information content (AvgIpc) is 2.35. The molecular formula is C13H23N3O2S. The molecule has 1 heterocycles. The lowest BCUT2D eigenvalue weighted by Crippen LogP contribution is -2.42. The average molecular weight is 285 g/mol. The lowest BCUT2D eigenvalue weighted by Gasteiger charge is -2.34. The van der Waals surface area contributed by atoms with E-state index in [1.54, 1.807) is 26.2 Å². The van der Waals surface area contributed by atoms with Crippen molar-refractivity contribution in [1.29, 1.82) is 0 Å². The third-order valence-corrected chi connectivity index (χ3v) is 5.38. The summed E-state index contributed by atoms with van der Waals surface area (Å²) in [5, 5.41) is 2.86. The van der Waals surface area contributed by atoms with Gasteiger partial charge in [-0.05, 0) is 24.5 Å². The second kappa shape index (κ2) is 5.46. The van der Waals surface area contributed by atoms with Crippen molar-refractivity contribution in [1.82, 2.24) is 9.29 Å². The second-order valence-corrected chi connectivity index (χ2v) is 7.69. The Hall–Kier alpha value is -1.14. The summed E-state index contributed by atoms with van der Waals surface area (Å²) in [4.78, 5) is 4.26. The van der Waals surface area contributed by atoms with Gasteiger partial charge in [-0.25, -0.2) is 13.4 Å². The molecule has 0 saturated carbocycles. The topological polar surface area (TPSA) is 62.3 Å². The van der Waals surface area contributed by atoms with Gasteiger partial charge in [0, 0.05) is 26.3 Å². The highest BCUT2D eigenvalue weighted by Crippen LogP contribution is 2.27. The number of anilines is 1. The van der Waals surface area contributed by atoms with E-state index in [1.807, 2.05) is 27.7 Å². The first-order valence-corrected chi connectivity index (χ1v) is 7.66. The third-order valence-electron chi connectivity index (χ3n) is 3.47. The quantitative estimate of drug-likeness (QED) is 0.921. The molecule has 0 radical (unpaired) electrons. The van der Waals surface area contributed by atoms with Gasteiger partial charge in [0.15, 0.2) is 0 Å². The molecule has 0 aliphatic heterocycles. The van der Waals surface area contributed by atoms with Crippen LogP contribution >= 0.6 is 0 Å². The molecule has 1 aromatic rings. The number of nitrogens with zero attached hydrogens (tertiary/aromatic N) is 2. The molecule has 0 saturated heterocycles. The van der Waals surface area contributed by atoms with Gasteiger partial charge in [0.25, 0.3) is 0 Å². The van der Waals surface area contributed by atoms with E-state index in [9.17, 15) is 8.42 Å². The van der Waals surface area contributed by atoms with Crippen molar-refractivity contribution in [3.8, 4) is 0 Å². The van der Waals surface area contributed by atoms with Gasteiger partial charge in [-0.15, -0.1) is 0 Å². The van der Waals surface area contributed by atoms with Crippen molar-refractivity contribution >= 4 is 15.8 Å².